The van der Waals surface area contributed by atoms with E-state index in [1.807, 2.05) is 20.0 Å². The predicted molar refractivity (Wildman–Crippen MR) is 92.6 cm³/mol. The molecule has 0 saturated heterocycles. The van der Waals surface area contributed by atoms with Gasteiger partial charge in [0, 0.05) is 37.5 Å². The standard InChI is InChI=1S/C17H30N4O/c1-7-9-10-21(5)17(18-8-2)20-12-15-14(4)16(22-6)13(3)11-19-15/h11H,7-10,12H2,1-6H3,(H,18,20). The van der Waals surface area contributed by atoms with Crippen molar-refractivity contribution in [3.8, 4) is 5.75 Å². The summed E-state index contributed by atoms with van der Waals surface area (Å²) < 4.78 is 5.46. The Hall–Kier alpha value is -1.78. The highest BCUT2D eigenvalue weighted by molar-refractivity contribution is 5.79. The van der Waals surface area contributed by atoms with Crippen molar-refractivity contribution < 1.29 is 4.74 Å². The maximum absolute atomic E-state index is 5.46. The van der Waals surface area contributed by atoms with Crippen molar-refractivity contribution in [2.24, 2.45) is 4.99 Å². The Labute approximate surface area is 134 Å². The van der Waals surface area contributed by atoms with Crippen molar-refractivity contribution in [2.75, 3.05) is 27.2 Å². The lowest BCUT2D eigenvalue weighted by Gasteiger charge is -2.22. The Morgan fingerprint density at radius 1 is 1.36 bits per heavy atom. The number of guanidine groups is 1. The molecule has 0 aliphatic heterocycles. The van der Waals surface area contributed by atoms with Gasteiger partial charge >= 0.3 is 0 Å². The molecule has 0 atom stereocenters. The van der Waals surface area contributed by atoms with Crippen LogP contribution in [0.15, 0.2) is 11.2 Å². The van der Waals surface area contributed by atoms with Crippen LogP contribution in [0.25, 0.3) is 0 Å². The summed E-state index contributed by atoms with van der Waals surface area (Å²) in [5.74, 6) is 1.83. The number of hydrogen-bond donors (Lipinski definition) is 1. The van der Waals surface area contributed by atoms with Crippen molar-refractivity contribution >= 4 is 5.96 Å². The molecule has 0 unspecified atom stereocenters. The highest BCUT2D eigenvalue weighted by Gasteiger charge is 2.10. The molecule has 0 bridgehead atoms. The number of nitrogens with one attached hydrogen (secondary N) is 1. The summed E-state index contributed by atoms with van der Waals surface area (Å²) in [6, 6.07) is 0. The molecule has 0 aliphatic rings. The third kappa shape index (κ3) is 4.90. The first-order valence-electron chi connectivity index (χ1n) is 8.03. The molecule has 0 fully saturated rings. The van der Waals surface area contributed by atoms with Crippen LogP contribution in [-0.4, -0.2) is 43.1 Å². The number of methoxy groups -OCH3 is 1. The molecule has 0 aliphatic carbocycles. The molecule has 1 aromatic heterocycles. The van der Waals surface area contributed by atoms with Crippen LogP contribution in [0.2, 0.25) is 0 Å². The second-order valence-electron chi connectivity index (χ2n) is 5.49. The molecule has 5 heteroatoms. The number of pyridine rings is 1. The van der Waals surface area contributed by atoms with Gasteiger partial charge in [-0.3, -0.25) is 4.98 Å². The van der Waals surface area contributed by atoms with E-state index in [1.54, 1.807) is 7.11 Å². The van der Waals surface area contributed by atoms with Crippen molar-refractivity contribution in [1.29, 1.82) is 0 Å². The van der Waals surface area contributed by atoms with Gasteiger partial charge in [-0.2, -0.15) is 0 Å². The Balaban J connectivity index is 2.90. The van der Waals surface area contributed by atoms with E-state index in [-0.39, 0.29) is 0 Å². The van der Waals surface area contributed by atoms with E-state index in [2.05, 4.69) is 36.1 Å². The highest BCUT2D eigenvalue weighted by atomic mass is 16.5. The molecule has 0 radical (unpaired) electrons. The zero-order valence-electron chi connectivity index (χ0n) is 14.9. The Morgan fingerprint density at radius 2 is 2.09 bits per heavy atom. The molecule has 0 amide bonds. The number of ether oxygens (including phenoxy) is 1. The third-order valence-corrected chi connectivity index (χ3v) is 3.67. The third-order valence-electron chi connectivity index (χ3n) is 3.67. The summed E-state index contributed by atoms with van der Waals surface area (Å²) in [6.45, 7) is 10.8. The lowest BCUT2D eigenvalue weighted by molar-refractivity contribution is 0.407. The second-order valence-corrected chi connectivity index (χ2v) is 5.49. The lowest BCUT2D eigenvalue weighted by atomic mass is 10.1. The normalized spacial score (nSPS) is 11.5. The van der Waals surface area contributed by atoms with Gasteiger partial charge in [0.05, 0.1) is 19.3 Å². The van der Waals surface area contributed by atoms with Crippen LogP contribution in [0, 0.1) is 13.8 Å². The molecular formula is C17H30N4O. The maximum Gasteiger partial charge on any atom is 0.194 e. The average Bonchev–Trinajstić information content (AvgIpc) is 2.51. The van der Waals surface area contributed by atoms with Crippen LogP contribution < -0.4 is 10.1 Å². The molecular weight excluding hydrogens is 276 g/mol. The van der Waals surface area contributed by atoms with E-state index in [1.165, 1.54) is 6.42 Å². The quantitative estimate of drug-likeness (QED) is 0.621. The molecule has 1 heterocycles. The number of hydrogen-bond acceptors (Lipinski definition) is 3. The fraction of sp³-hybridized carbons (Fsp3) is 0.647. The van der Waals surface area contributed by atoms with Crippen LogP contribution in [0.1, 0.15) is 43.5 Å². The van der Waals surface area contributed by atoms with Gasteiger partial charge in [0.15, 0.2) is 5.96 Å². The summed E-state index contributed by atoms with van der Waals surface area (Å²) in [5.41, 5.74) is 3.08. The largest absolute Gasteiger partial charge is 0.496 e. The summed E-state index contributed by atoms with van der Waals surface area (Å²) in [6.07, 6.45) is 4.19. The smallest absolute Gasteiger partial charge is 0.194 e. The first kappa shape index (κ1) is 18.3. The van der Waals surface area contributed by atoms with Crippen LogP contribution >= 0.6 is 0 Å². The van der Waals surface area contributed by atoms with Crippen molar-refractivity contribution in [3.05, 3.63) is 23.0 Å². The van der Waals surface area contributed by atoms with Gasteiger partial charge in [0.25, 0.3) is 0 Å². The van der Waals surface area contributed by atoms with E-state index >= 15 is 0 Å². The monoisotopic (exact) mass is 306 g/mol. The summed E-state index contributed by atoms with van der Waals surface area (Å²) in [7, 11) is 3.78. The van der Waals surface area contributed by atoms with Crippen LogP contribution in [0.4, 0.5) is 0 Å². The van der Waals surface area contributed by atoms with E-state index < -0.39 is 0 Å². The number of aryl methyl sites for hydroxylation is 1. The topological polar surface area (TPSA) is 49.8 Å². The fourth-order valence-corrected chi connectivity index (χ4v) is 2.35. The van der Waals surface area contributed by atoms with Gasteiger partial charge in [-0.25, -0.2) is 4.99 Å². The molecule has 0 spiro atoms. The van der Waals surface area contributed by atoms with E-state index in [4.69, 9.17) is 9.73 Å². The van der Waals surface area contributed by atoms with Gasteiger partial charge < -0.3 is 15.0 Å². The Bertz CT molecular complexity index is 500. The maximum atomic E-state index is 5.46. The minimum absolute atomic E-state index is 0.557. The van der Waals surface area contributed by atoms with Crippen molar-refractivity contribution in [2.45, 2.75) is 47.1 Å². The number of aromatic nitrogens is 1. The number of rotatable bonds is 7. The number of aliphatic imine (C=N–C) groups is 1. The molecule has 5 nitrogen and oxygen atoms in total. The van der Waals surface area contributed by atoms with E-state index in [9.17, 15) is 0 Å². The summed E-state index contributed by atoms with van der Waals surface area (Å²) in [4.78, 5) is 11.4. The number of nitrogens with zero attached hydrogens (tertiary/aromatic N) is 3. The minimum atomic E-state index is 0.557. The minimum Gasteiger partial charge on any atom is -0.496 e. The van der Waals surface area contributed by atoms with Gasteiger partial charge in [-0.1, -0.05) is 13.3 Å². The van der Waals surface area contributed by atoms with Crippen LogP contribution in [-0.2, 0) is 6.54 Å². The first-order chi connectivity index (χ1) is 10.5. The molecule has 1 N–H and O–H groups in total. The Morgan fingerprint density at radius 3 is 2.68 bits per heavy atom. The van der Waals surface area contributed by atoms with Crippen molar-refractivity contribution in [1.82, 2.24) is 15.2 Å². The molecule has 1 aromatic rings. The molecule has 1 rings (SSSR count). The molecule has 22 heavy (non-hydrogen) atoms. The highest BCUT2D eigenvalue weighted by Crippen LogP contribution is 2.24. The molecule has 124 valence electrons. The van der Waals surface area contributed by atoms with Gasteiger partial charge in [-0.15, -0.1) is 0 Å². The Kier molecular flexibility index (Phi) is 7.71. The van der Waals surface area contributed by atoms with Crippen molar-refractivity contribution in [3.63, 3.8) is 0 Å². The summed E-state index contributed by atoms with van der Waals surface area (Å²) >= 11 is 0. The van der Waals surface area contributed by atoms with Gasteiger partial charge in [0.2, 0.25) is 0 Å². The molecule has 0 aromatic carbocycles. The zero-order chi connectivity index (χ0) is 16.5. The first-order valence-corrected chi connectivity index (χ1v) is 8.03. The number of unbranched alkanes of at least 4 members (excludes halogenated alkanes) is 1. The summed E-state index contributed by atoms with van der Waals surface area (Å²) in [5, 5.41) is 3.34. The SMILES string of the molecule is CCCCN(C)C(=NCc1ncc(C)c(OC)c1C)NCC. The zero-order valence-corrected chi connectivity index (χ0v) is 14.9. The van der Waals surface area contributed by atoms with Crippen LogP contribution in [0.5, 0.6) is 5.75 Å². The lowest BCUT2D eigenvalue weighted by Crippen LogP contribution is -2.39. The van der Waals surface area contributed by atoms with E-state index in [0.717, 1.165) is 48.0 Å². The van der Waals surface area contributed by atoms with Gasteiger partial charge in [-0.05, 0) is 27.2 Å². The molecule has 0 saturated carbocycles. The second kappa shape index (κ2) is 9.28. The fourth-order valence-electron chi connectivity index (χ4n) is 2.35. The van der Waals surface area contributed by atoms with E-state index in [0.29, 0.717) is 6.54 Å². The van der Waals surface area contributed by atoms with Gasteiger partial charge in [0.1, 0.15) is 5.75 Å². The van der Waals surface area contributed by atoms with Crippen LogP contribution in [0.3, 0.4) is 0 Å². The average molecular weight is 306 g/mol. The predicted octanol–water partition coefficient (Wildman–Crippen LogP) is 2.90.